The molecule has 0 aliphatic carbocycles. The molecule has 1 rings (SSSR count). The van der Waals surface area contributed by atoms with Crippen molar-refractivity contribution in [2.45, 2.75) is 76.8 Å². The lowest BCUT2D eigenvalue weighted by atomic mass is 10.0. The van der Waals surface area contributed by atoms with Crippen molar-refractivity contribution in [2.24, 2.45) is 0 Å². The molecule has 0 unspecified atom stereocenters. The van der Waals surface area contributed by atoms with Crippen LogP contribution in [-0.4, -0.2) is 34.6 Å². The standard InChI is InChI=1S/C12H24O3/c1-3-5-10-6-4-7-11(13)12(14)8-9(2)15-10/h9-14H,3-8H2,1-2H3/t9-,10+,11+,12-/m0/s1. The van der Waals surface area contributed by atoms with Crippen LogP contribution in [0.4, 0.5) is 0 Å². The summed E-state index contributed by atoms with van der Waals surface area (Å²) in [6, 6.07) is 0. The molecule has 0 saturated carbocycles. The van der Waals surface area contributed by atoms with Gasteiger partial charge in [0.25, 0.3) is 0 Å². The maximum atomic E-state index is 9.66. The molecule has 1 heterocycles. The van der Waals surface area contributed by atoms with Gasteiger partial charge < -0.3 is 14.9 Å². The molecule has 3 nitrogen and oxygen atoms in total. The van der Waals surface area contributed by atoms with E-state index in [1.807, 2.05) is 6.92 Å². The minimum absolute atomic E-state index is 0.0456. The van der Waals surface area contributed by atoms with Gasteiger partial charge in [-0.25, -0.2) is 0 Å². The molecule has 15 heavy (non-hydrogen) atoms. The van der Waals surface area contributed by atoms with Crippen LogP contribution in [0.25, 0.3) is 0 Å². The number of hydrogen-bond acceptors (Lipinski definition) is 3. The van der Waals surface area contributed by atoms with E-state index in [0.717, 1.165) is 25.7 Å². The van der Waals surface area contributed by atoms with Crippen LogP contribution < -0.4 is 0 Å². The lowest BCUT2D eigenvalue weighted by molar-refractivity contribution is -0.0474. The molecule has 0 aromatic heterocycles. The van der Waals surface area contributed by atoms with Gasteiger partial charge in [0.1, 0.15) is 0 Å². The predicted molar refractivity (Wildman–Crippen MR) is 59.7 cm³/mol. The van der Waals surface area contributed by atoms with Crippen molar-refractivity contribution in [3.8, 4) is 0 Å². The van der Waals surface area contributed by atoms with Crippen molar-refractivity contribution in [1.29, 1.82) is 0 Å². The molecule has 0 aromatic rings. The second-order valence-corrected chi connectivity index (χ2v) is 4.66. The summed E-state index contributed by atoms with van der Waals surface area (Å²) in [5, 5.41) is 19.3. The monoisotopic (exact) mass is 216 g/mol. The minimum atomic E-state index is -0.625. The zero-order valence-corrected chi connectivity index (χ0v) is 9.85. The van der Waals surface area contributed by atoms with E-state index < -0.39 is 12.2 Å². The third-order valence-corrected chi connectivity index (χ3v) is 3.08. The molecular formula is C12H24O3. The lowest BCUT2D eigenvalue weighted by Gasteiger charge is -2.22. The van der Waals surface area contributed by atoms with Gasteiger partial charge in [0, 0.05) is 6.42 Å². The summed E-state index contributed by atoms with van der Waals surface area (Å²) in [6.45, 7) is 4.13. The summed E-state index contributed by atoms with van der Waals surface area (Å²) in [7, 11) is 0. The molecule has 0 aromatic carbocycles. The second-order valence-electron chi connectivity index (χ2n) is 4.66. The Morgan fingerprint density at radius 3 is 2.60 bits per heavy atom. The SMILES string of the molecule is CCC[C@@H]1CCC[C@@H](O)[C@@H](O)C[C@H](C)O1. The highest BCUT2D eigenvalue weighted by Gasteiger charge is 2.23. The smallest absolute Gasteiger partial charge is 0.0823 e. The van der Waals surface area contributed by atoms with Gasteiger partial charge in [-0.05, 0) is 32.6 Å². The Labute approximate surface area is 92.4 Å². The van der Waals surface area contributed by atoms with Gasteiger partial charge in [-0.1, -0.05) is 13.3 Å². The van der Waals surface area contributed by atoms with Gasteiger partial charge in [-0.3, -0.25) is 0 Å². The Balaban J connectivity index is 2.49. The van der Waals surface area contributed by atoms with Gasteiger partial charge >= 0.3 is 0 Å². The fraction of sp³-hybridized carbons (Fsp3) is 1.00. The van der Waals surface area contributed by atoms with E-state index in [-0.39, 0.29) is 6.10 Å². The fourth-order valence-electron chi connectivity index (χ4n) is 2.23. The number of aliphatic hydroxyl groups excluding tert-OH is 2. The van der Waals surface area contributed by atoms with Crippen molar-refractivity contribution in [3.05, 3.63) is 0 Å². The van der Waals surface area contributed by atoms with Crippen LogP contribution in [0.2, 0.25) is 0 Å². The van der Waals surface area contributed by atoms with Crippen LogP contribution in [0.3, 0.4) is 0 Å². The van der Waals surface area contributed by atoms with Crippen LogP contribution in [0, 0.1) is 0 Å². The van der Waals surface area contributed by atoms with E-state index in [1.54, 1.807) is 0 Å². The highest BCUT2D eigenvalue weighted by Crippen LogP contribution is 2.21. The van der Waals surface area contributed by atoms with Gasteiger partial charge in [0.05, 0.1) is 24.4 Å². The first kappa shape index (κ1) is 12.9. The lowest BCUT2D eigenvalue weighted by Crippen LogP contribution is -2.29. The van der Waals surface area contributed by atoms with Crippen LogP contribution in [0.1, 0.15) is 52.4 Å². The fourth-order valence-corrected chi connectivity index (χ4v) is 2.23. The molecule has 1 fully saturated rings. The van der Waals surface area contributed by atoms with Gasteiger partial charge in [-0.15, -0.1) is 0 Å². The van der Waals surface area contributed by atoms with Crippen LogP contribution in [0.5, 0.6) is 0 Å². The maximum Gasteiger partial charge on any atom is 0.0823 e. The Kier molecular flexibility index (Phi) is 5.58. The van der Waals surface area contributed by atoms with E-state index in [1.165, 1.54) is 0 Å². The van der Waals surface area contributed by atoms with Crippen molar-refractivity contribution in [3.63, 3.8) is 0 Å². The highest BCUT2D eigenvalue weighted by molar-refractivity contribution is 4.74. The molecule has 90 valence electrons. The average molecular weight is 216 g/mol. The van der Waals surface area contributed by atoms with Gasteiger partial charge in [-0.2, -0.15) is 0 Å². The Morgan fingerprint density at radius 2 is 1.93 bits per heavy atom. The molecule has 1 aliphatic rings. The molecule has 0 radical (unpaired) electrons. The molecular weight excluding hydrogens is 192 g/mol. The first-order valence-corrected chi connectivity index (χ1v) is 6.15. The minimum Gasteiger partial charge on any atom is -0.390 e. The third kappa shape index (κ3) is 4.49. The van der Waals surface area contributed by atoms with E-state index in [9.17, 15) is 10.2 Å². The van der Waals surface area contributed by atoms with Gasteiger partial charge in [0.2, 0.25) is 0 Å². The summed E-state index contributed by atoms with van der Waals surface area (Å²) in [5.74, 6) is 0. The first-order chi connectivity index (χ1) is 7.13. The topological polar surface area (TPSA) is 49.7 Å². The predicted octanol–water partition coefficient (Wildman–Crippen LogP) is 1.86. The van der Waals surface area contributed by atoms with Crippen molar-refractivity contribution in [1.82, 2.24) is 0 Å². The van der Waals surface area contributed by atoms with E-state index in [4.69, 9.17) is 4.74 Å². The molecule has 3 heteroatoms. The quantitative estimate of drug-likeness (QED) is 0.740. The van der Waals surface area contributed by atoms with Crippen molar-refractivity contribution < 1.29 is 14.9 Å². The zero-order chi connectivity index (χ0) is 11.3. The Hall–Kier alpha value is -0.120. The second kappa shape index (κ2) is 6.46. The van der Waals surface area contributed by atoms with Crippen LogP contribution in [0.15, 0.2) is 0 Å². The molecule has 1 aliphatic heterocycles. The van der Waals surface area contributed by atoms with Crippen LogP contribution >= 0.6 is 0 Å². The first-order valence-electron chi connectivity index (χ1n) is 6.15. The molecule has 0 spiro atoms. The Bertz CT molecular complexity index is 172. The summed E-state index contributed by atoms with van der Waals surface area (Å²) in [5.41, 5.74) is 0. The Morgan fingerprint density at radius 1 is 1.20 bits per heavy atom. The summed E-state index contributed by atoms with van der Waals surface area (Å²) in [6.07, 6.45) is 4.54. The molecule has 0 amide bonds. The normalized spacial score (nSPS) is 39.2. The van der Waals surface area contributed by atoms with Crippen molar-refractivity contribution in [2.75, 3.05) is 0 Å². The number of hydrogen-bond donors (Lipinski definition) is 2. The number of aliphatic hydroxyl groups is 2. The summed E-state index contributed by atoms with van der Waals surface area (Å²) >= 11 is 0. The number of rotatable bonds is 2. The molecule has 0 bridgehead atoms. The average Bonchev–Trinajstić information content (AvgIpc) is 2.21. The van der Waals surface area contributed by atoms with Crippen molar-refractivity contribution >= 4 is 0 Å². The highest BCUT2D eigenvalue weighted by atomic mass is 16.5. The molecule has 1 saturated heterocycles. The number of ether oxygens (including phenoxy) is 1. The maximum absolute atomic E-state index is 9.66. The summed E-state index contributed by atoms with van der Waals surface area (Å²) in [4.78, 5) is 0. The molecule has 2 N–H and O–H groups in total. The molecule has 4 atom stereocenters. The zero-order valence-electron chi connectivity index (χ0n) is 9.85. The van der Waals surface area contributed by atoms with Gasteiger partial charge in [0.15, 0.2) is 0 Å². The van der Waals surface area contributed by atoms with E-state index in [2.05, 4.69) is 6.92 Å². The van der Waals surface area contributed by atoms with E-state index >= 15 is 0 Å². The largest absolute Gasteiger partial charge is 0.390 e. The third-order valence-electron chi connectivity index (χ3n) is 3.08. The van der Waals surface area contributed by atoms with Crippen LogP contribution in [-0.2, 0) is 4.74 Å². The summed E-state index contributed by atoms with van der Waals surface area (Å²) < 4.78 is 5.86. The van der Waals surface area contributed by atoms with E-state index in [0.29, 0.717) is 18.9 Å².